The minimum absolute atomic E-state index is 0.0103. The maximum absolute atomic E-state index is 14.9. The number of aromatic nitrogens is 4. The molecule has 11 rings (SSSR count). The van der Waals surface area contributed by atoms with E-state index >= 15 is 0 Å². The van der Waals surface area contributed by atoms with Crippen molar-refractivity contribution in [2.24, 2.45) is 26.9 Å². The molecule has 0 aliphatic carbocycles. The average Bonchev–Trinajstić information content (AvgIpc) is 3.84. The van der Waals surface area contributed by atoms with E-state index in [1.54, 1.807) is 72.8 Å². The monoisotopic (exact) mass is 952 g/mol. The standard InChI is InChI=1S/C25H18F2N4O3.C19H11F2IN4O2/c1-24(11-32-12-24)7-6-15-10-18-22(30-20(15)26)34-19-5-4-14(16-3-2-8-29-21(16)27)9-17(19)25(18)13-33-23(28)31-25;20-15-10(2-1-5-24-15)9-3-4-14-11(6-9)19(8-27-18(23)26-19)12-7-13(22)16(21)25-17(12)28-14/h2-5,8-10H,11-13H2,1H3,(H2,28,31);1-7H,8H2,(H2,23,26)/t25-;19-/m00/s1. The number of rotatable bonds is 2. The van der Waals surface area contributed by atoms with Gasteiger partial charge in [0.15, 0.2) is 11.1 Å². The second kappa shape index (κ2) is 14.7. The van der Waals surface area contributed by atoms with Crippen molar-refractivity contribution in [3.05, 3.63) is 140 Å². The Kier molecular flexibility index (Phi) is 9.29. The van der Waals surface area contributed by atoms with E-state index in [2.05, 4.69) is 41.8 Å². The zero-order chi connectivity index (χ0) is 43.0. The van der Waals surface area contributed by atoms with E-state index in [-0.39, 0.29) is 48.0 Å². The maximum Gasteiger partial charge on any atom is 0.283 e. The molecular formula is C44H29F4IN8O5. The number of fused-ring (bicyclic) bond motifs is 8. The number of benzene rings is 2. The molecule has 0 radical (unpaired) electrons. The van der Waals surface area contributed by atoms with Crippen LogP contribution in [0, 0.1) is 44.6 Å². The molecule has 0 unspecified atom stereocenters. The number of nitrogens with zero attached hydrogens (tertiary/aromatic N) is 6. The van der Waals surface area contributed by atoms with Crippen LogP contribution in [0.2, 0.25) is 0 Å². The lowest BCUT2D eigenvalue weighted by Crippen LogP contribution is -2.38. The zero-order valence-corrected chi connectivity index (χ0v) is 34.3. The first-order chi connectivity index (χ1) is 29.8. The number of hydrogen-bond donors (Lipinski definition) is 2. The van der Waals surface area contributed by atoms with Crippen LogP contribution >= 0.6 is 22.6 Å². The summed E-state index contributed by atoms with van der Waals surface area (Å²) in [6, 6.07) is 20.0. The highest BCUT2D eigenvalue weighted by atomic mass is 127. The highest BCUT2D eigenvalue weighted by Gasteiger charge is 2.50. The summed E-state index contributed by atoms with van der Waals surface area (Å²) < 4.78 is 85.8. The molecule has 5 aliphatic heterocycles. The van der Waals surface area contributed by atoms with Crippen LogP contribution in [0.3, 0.4) is 0 Å². The van der Waals surface area contributed by atoms with Crippen molar-refractivity contribution in [3.8, 4) is 57.4 Å². The van der Waals surface area contributed by atoms with Crippen LogP contribution < -0.4 is 20.9 Å². The van der Waals surface area contributed by atoms with E-state index in [0.29, 0.717) is 72.8 Å². The molecule has 6 aromatic rings. The molecule has 0 saturated carbocycles. The summed E-state index contributed by atoms with van der Waals surface area (Å²) in [5.74, 6) is 4.36. The summed E-state index contributed by atoms with van der Waals surface area (Å²) >= 11 is 1.85. The number of pyridine rings is 4. The van der Waals surface area contributed by atoms with Gasteiger partial charge >= 0.3 is 0 Å². The number of aliphatic imine (C=N–C) groups is 2. The van der Waals surface area contributed by atoms with Crippen LogP contribution in [0.5, 0.6) is 23.3 Å². The predicted molar refractivity (Wildman–Crippen MR) is 223 cm³/mol. The van der Waals surface area contributed by atoms with Crippen LogP contribution in [0.1, 0.15) is 34.7 Å². The molecule has 5 aliphatic rings. The van der Waals surface area contributed by atoms with E-state index in [1.807, 2.05) is 29.5 Å². The van der Waals surface area contributed by atoms with E-state index in [1.165, 1.54) is 12.4 Å². The quantitative estimate of drug-likeness (QED) is 0.0776. The van der Waals surface area contributed by atoms with E-state index < -0.39 is 34.9 Å². The molecular weight excluding hydrogens is 923 g/mol. The Bertz CT molecular complexity index is 3010. The van der Waals surface area contributed by atoms with Crippen molar-refractivity contribution in [3.63, 3.8) is 0 Å². The number of hydrogen-bond acceptors (Lipinski definition) is 13. The van der Waals surface area contributed by atoms with Gasteiger partial charge in [-0.1, -0.05) is 24.0 Å². The molecule has 0 bridgehead atoms. The van der Waals surface area contributed by atoms with Crippen molar-refractivity contribution in [2.75, 3.05) is 26.4 Å². The number of ether oxygens (including phenoxy) is 5. The molecule has 4 N–H and O–H groups in total. The lowest BCUT2D eigenvalue weighted by molar-refractivity contribution is -0.0648. The molecule has 1 saturated heterocycles. The van der Waals surface area contributed by atoms with Gasteiger partial charge in [0.1, 0.15) is 24.7 Å². The average molecular weight is 953 g/mol. The number of halogens is 5. The highest BCUT2D eigenvalue weighted by Crippen LogP contribution is 2.53. The van der Waals surface area contributed by atoms with Crippen molar-refractivity contribution in [1.29, 1.82) is 0 Å². The fourth-order valence-electron chi connectivity index (χ4n) is 7.80. The summed E-state index contributed by atoms with van der Waals surface area (Å²) in [5, 5.41) is 0. The molecule has 9 heterocycles. The smallest absolute Gasteiger partial charge is 0.283 e. The van der Waals surface area contributed by atoms with Crippen molar-refractivity contribution in [1.82, 2.24) is 19.9 Å². The molecule has 1 fully saturated rings. The van der Waals surface area contributed by atoms with Crippen molar-refractivity contribution in [2.45, 2.75) is 18.0 Å². The minimum atomic E-state index is -1.15. The number of amidine groups is 2. The molecule has 2 spiro atoms. The fraction of sp³-hybridized carbons (Fsp3) is 0.182. The first kappa shape index (κ1) is 39.3. The van der Waals surface area contributed by atoms with E-state index in [4.69, 9.17) is 35.2 Å². The lowest BCUT2D eigenvalue weighted by atomic mass is 9.81. The third kappa shape index (κ3) is 6.50. The van der Waals surface area contributed by atoms with Crippen molar-refractivity contribution >= 4 is 34.6 Å². The third-order valence-corrected chi connectivity index (χ3v) is 11.7. The van der Waals surface area contributed by atoms with Crippen LogP contribution in [-0.4, -0.2) is 58.4 Å². The van der Waals surface area contributed by atoms with Gasteiger partial charge in [-0.2, -0.15) is 27.5 Å². The van der Waals surface area contributed by atoms with Gasteiger partial charge in [-0.05, 0) is 101 Å². The fourth-order valence-corrected chi connectivity index (χ4v) is 8.23. The summed E-state index contributed by atoms with van der Waals surface area (Å²) in [7, 11) is 0. The van der Waals surface area contributed by atoms with E-state index in [9.17, 15) is 17.6 Å². The number of nitrogens with two attached hydrogens (primary N) is 2. The second-order valence-electron chi connectivity index (χ2n) is 15.1. The van der Waals surface area contributed by atoms with E-state index in [0.717, 1.165) is 0 Å². The van der Waals surface area contributed by atoms with Gasteiger partial charge in [0, 0.05) is 34.6 Å². The molecule has 62 heavy (non-hydrogen) atoms. The van der Waals surface area contributed by atoms with Crippen molar-refractivity contribution < 1.29 is 41.2 Å². The van der Waals surface area contributed by atoms with Crippen LogP contribution in [0.15, 0.2) is 95.2 Å². The van der Waals surface area contributed by atoms with Gasteiger partial charge in [0.25, 0.3) is 12.0 Å². The Morgan fingerprint density at radius 2 is 1.15 bits per heavy atom. The molecule has 2 aromatic carbocycles. The maximum atomic E-state index is 14.9. The minimum Gasteiger partial charge on any atom is -0.462 e. The first-order valence-corrected chi connectivity index (χ1v) is 19.9. The third-order valence-electron chi connectivity index (χ3n) is 10.9. The molecule has 18 heteroatoms. The molecule has 2 atom stereocenters. The molecule has 0 amide bonds. The van der Waals surface area contributed by atoms with Gasteiger partial charge in [0.05, 0.1) is 38.9 Å². The first-order valence-electron chi connectivity index (χ1n) is 18.9. The summed E-state index contributed by atoms with van der Waals surface area (Å²) in [6.07, 6.45) is 2.77. The summed E-state index contributed by atoms with van der Waals surface area (Å²) in [6.45, 7) is 3.08. The van der Waals surface area contributed by atoms with Crippen LogP contribution in [0.25, 0.3) is 22.3 Å². The summed E-state index contributed by atoms with van der Waals surface area (Å²) in [5.41, 5.74) is 13.4. The SMILES string of the molecule is CC1(C#Cc2cc3c(nc2F)Oc2ccc(-c4cccnc4F)cc2[C@@]32COC(N)=N2)COC1.NC1=N[C@@]2(CO1)c1cc(-c3cccnc3F)ccc1Oc1nc(F)c(I)cc12. The lowest BCUT2D eigenvalue weighted by Gasteiger charge is -2.33. The van der Waals surface area contributed by atoms with Gasteiger partial charge in [-0.3, -0.25) is 0 Å². The normalized spacial score (nSPS) is 20.4. The zero-order valence-electron chi connectivity index (χ0n) is 32.2. The molecule has 13 nitrogen and oxygen atoms in total. The van der Waals surface area contributed by atoms with Crippen LogP contribution in [0.4, 0.5) is 17.6 Å². The Morgan fingerprint density at radius 3 is 1.61 bits per heavy atom. The predicted octanol–water partition coefficient (Wildman–Crippen LogP) is 7.22. The largest absolute Gasteiger partial charge is 0.462 e. The van der Waals surface area contributed by atoms with Gasteiger partial charge in [-0.25, -0.2) is 20.0 Å². The second-order valence-corrected chi connectivity index (χ2v) is 16.3. The Labute approximate surface area is 363 Å². The summed E-state index contributed by atoms with van der Waals surface area (Å²) in [4.78, 5) is 24.5. The van der Waals surface area contributed by atoms with Gasteiger partial charge < -0.3 is 35.2 Å². The Morgan fingerprint density at radius 1 is 0.629 bits per heavy atom. The Hall–Kier alpha value is -6.85. The van der Waals surface area contributed by atoms with Gasteiger partial charge in [-0.15, -0.1) is 0 Å². The molecule has 4 aromatic heterocycles. The Balaban J connectivity index is 0.000000151. The van der Waals surface area contributed by atoms with Crippen LogP contribution in [-0.2, 0) is 25.3 Å². The van der Waals surface area contributed by atoms with Gasteiger partial charge in [0.2, 0.25) is 35.6 Å². The highest BCUT2D eigenvalue weighted by molar-refractivity contribution is 14.1. The topological polar surface area (TPSA) is 174 Å². The molecule has 310 valence electrons.